The molecule has 1 heterocycles. The molecule has 1 aliphatic rings. The van der Waals surface area contributed by atoms with E-state index in [0.29, 0.717) is 43.3 Å². The van der Waals surface area contributed by atoms with Gasteiger partial charge < -0.3 is 33.7 Å². The van der Waals surface area contributed by atoms with E-state index >= 15 is 0 Å². The lowest BCUT2D eigenvalue weighted by molar-refractivity contribution is -0.120. The molecule has 0 unspecified atom stereocenters. The van der Waals surface area contributed by atoms with Gasteiger partial charge in [0.2, 0.25) is 12.5 Å². The van der Waals surface area contributed by atoms with Crippen molar-refractivity contribution < 1.29 is 42.8 Å². The Labute approximate surface area is 251 Å². The Morgan fingerprint density at radius 3 is 2.29 bits per heavy atom. The molecule has 0 spiro atoms. The van der Waals surface area contributed by atoms with Gasteiger partial charge in [-0.05, 0) is 58.4 Å². The van der Waals surface area contributed by atoms with E-state index in [4.69, 9.17) is 28.4 Å². The number of amides is 2. The highest BCUT2D eigenvalue weighted by Crippen LogP contribution is 2.38. The fourth-order valence-electron chi connectivity index (χ4n) is 3.65. The van der Waals surface area contributed by atoms with Gasteiger partial charge in [0.05, 0.1) is 44.1 Å². The monoisotopic (exact) mass is 691 g/mol. The van der Waals surface area contributed by atoms with Crippen molar-refractivity contribution in [2.24, 2.45) is 5.10 Å². The first-order valence-corrected chi connectivity index (χ1v) is 13.3. The Bertz CT molecular complexity index is 1500. The second-order valence-corrected chi connectivity index (χ2v) is 9.92. The van der Waals surface area contributed by atoms with Crippen LogP contribution in [0.5, 0.6) is 34.5 Å². The number of carbonyl (C=O) groups excluding carboxylic acids is 3. The molecule has 41 heavy (non-hydrogen) atoms. The van der Waals surface area contributed by atoms with Gasteiger partial charge in [-0.1, -0.05) is 15.9 Å². The van der Waals surface area contributed by atoms with Crippen molar-refractivity contribution in [1.82, 2.24) is 10.7 Å². The van der Waals surface area contributed by atoms with Crippen LogP contribution in [0.2, 0.25) is 0 Å². The molecule has 0 atom stereocenters. The van der Waals surface area contributed by atoms with Gasteiger partial charge in [0.25, 0.3) is 11.8 Å². The van der Waals surface area contributed by atoms with E-state index in [2.05, 4.69) is 47.7 Å². The third-order valence-corrected chi connectivity index (χ3v) is 6.62. The highest BCUT2D eigenvalue weighted by Gasteiger charge is 2.20. The maximum absolute atomic E-state index is 12.8. The minimum atomic E-state index is -0.639. The number of fused-ring (bicyclic) bond motifs is 1. The van der Waals surface area contributed by atoms with Crippen LogP contribution >= 0.6 is 31.9 Å². The van der Waals surface area contributed by atoms with E-state index in [1.165, 1.54) is 45.7 Å². The van der Waals surface area contributed by atoms with E-state index in [0.717, 1.165) is 0 Å². The number of ether oxygens (including phenoxy) is 6. The average Bonchev–Trinajstić information content (AvgIpc) is 3.44. The zero-order chi connectivity index (χ0) is 29.5. The first-order valence-electron chi connectivity index (χ1n) is 11.7. The Balaban J connectivity index is 1.40. The lowest BCUT2D eigenvalue weighted by atomic mass is 10.1. The van der Waals surface area contributed by atoms with Crippen molar-refractivity contribution in [3.05, 3.63) is 68.1 Å². The molecule has 214 valence electrons. The van der Waals surface area contributed by atoms with Crippen molar-refractivity contribution >= 4 is 55.9 Å². The minimum absolute atomic E-state index is 0.0765. The van der Waals surface area contributed by atoms with Crippen LogP contribution in [0, 0.1) is 0 Å². The number of hydrogen-bond donors (Lipinski definition) is 2. The Hall–Kier alpha value is -4.30. The number of hydrogen-bond acceptors (Lipinski definition) is 10. The summed E-state index contributed by atoms with van der Waals surface area (Å²) >= 11 is 6.77. The van der Waals surface area contributed by atoms with E-state index in [9.17, 15) is 14.4 Å². The zero-order valence-corrected chi connectivity index (χ0v) is 25.1. The van der Waals surface area contributed by atoms with Crippen molar-refractivity contribution in [3.8, 4) is 34.5 Å². The Morgan fingerprint density at radius 1 is 0.902 bits per heavy atom. The molecule has 14 heteroatoms. The molecular weight excluding hydrogens is 670 g/mol. The van der Waals surface area contributed by atoms with Crippen molar-refractivity contribution in [2.45, 2.75) is 0 Å². The quantitative estimate of drug-likeness (QED) is 0.139. The summed E-state index contributed by atoms with van der Waals surface area (Å²) in [5.74, 6) is 0.281. The molecule has 0 aromatic heterocycles. The Kier molecular flexibility index (Phi) is 9.68. The van der Waals surface area contributed by atoms with Gasteiger partial charge in [0, 0.05) is 15.6 Å². The van der Waals surface area contributed by atoms with Crippen molar-refractivity contribution in [3.63, 3.8) is 0 Å². The highest BCUT2D eigenvalue weighted by atomic mass is 79.9. The van der Waals surface area contributed by atoms with E-state index in [1.54, 1.807) is 24.3 Å². The van der Waals surface area contributed by atoms with Gasteiger partial charge in [-0.15, -0.1) is 0 Å². The average molecular weight is 693 g/mol. The van der Waals surface area contributed by atoms with Gasteiger partial charge >= 0.3 is 5.97 Å². The summed E-state index contributed by atoms with van der Waals surface area (Å²) < 4.78 is 33.1. The molecule has 3 aromatic carbocycles. The summed E-state index contributed by atoms with van der Waals surface area (Å²) in [6, 6.07) is 11.0. The lowest BCUT2D eigenvalue weighted by Crippen LogP contribution is -2.35. The predicted molar refractivity (Wildman–Crippen MR) is 154 cm³/mol. The van der Waals surface area contributed by atoms with Crippen LogP contribution in [0.4, 0.5) is 0 Å². The zero-order valence-electron chi connectivity index (χ0n) is 21.9. The molecule has 0 saturated carbocycles. The van der Waals surface area contributed by atoms with Crippen LogP contribution < -0.4 is 39.2 Å². The van der Waals surface area contributed by atoms with Crippen molar-refractivity contribution in [1.29, 1.82) is 0 Å². The molecule has 1 aliphatic heterocycles. The van der Waals surface area contributed by atoms with Crippen LogP contribution in [-0.2, 0) is 4.79 Å². The summed E-state index contributed by atoms with van der Waals surface area (Å²) in [5.41, 5.74) is 3.15. The number of carbonyl (C=O) groups is 3. The van der Waals surface area contributed by atoms with E-state index in [-0.39, 0.29) is 30.2 Å². The molecule has 0 bridgehead atoms. The normalized spacial score (nSPS) is 11.6. The van der Waals surface area contributed by atoms with Gasteiger partial charge in [-0.3, -0.25) is 9.59 Å². The molecule has 2 amide bonds. The lowest BCUT2D eigenvalue weighted by Gasteiger charge is -2.14. The second kappa shape index (κ2) is 13.4. The molecule has 0 saturated heterocycles. The van der Waals surface area contributed by atoms with Crippen LogP contribution in [0.15, 0.2) is 56.5 Å². The number of nitrogens with one attached hydrogen (secondary N) is 2. The highest BCUT2D eigenvalue weighted by molar-refractivity contribution is 9.11. The maximum atomic E-state index is 12.8. The van der Waals surface area contributed by atoms with Crippen LogP contribution in [-0.4, -0.2) is 58.7 Å². The summed E-state index contributed by atoms with van der Waals surface area (Å²) in [4.78, 5) is 37.8. The third kappa shape index (κ3) is 7.08. The molecular formula is C27H23Br2N3O9. The molecule has 0 radical (unpaired) electrons. The molecule has 4 rings (SSSR count). The number of hydrazone groups is 1. The number of esters is 1. The summed E-state index contributed by atoms with van der Waals surface area (Å²) in [7, 11) is 4.31. The predicted octanol–water partition coefficient (Wildman–Crippen LogP) is 4.07. The third-order valence-electron chi connectivity index (χ3n) is 5.57. The number of benzene rings is 3. The van der Waals surface area contributed by atoms with Gasteiger partial charge in [0.1, 0.15) is 0 Å². The van der Waals surface area contributed by atoms with Crippen LogP contribution in [0.1, 0.15) is 26.3 Å². The topological polar surface area (TPSA) is 143 Å². The van der Waals surface area contributed by atoms with E-state index in [1.807, 2.05) is 0 Å². The second-order valence-electron chi connectivity index (χ2n) is 8.15. The molecule has 3 aromatic rings. The minimum Gasteiger partial charge on any atom is -0.493 e. The summed E-state index contributed by atoms with van der Waals surface area (Å²) in [6.45, 7) is -0.298. The van der Waals surface area contributed by atoms with Gasteiger partial charge in [-0.2, -0.15) is 5.10 Å². The maximum Gasteiger partial charge on any atom is 0.343 e. The fourth-order valence-corrected chi connectivity index (χ4v) is 4.99. The first kappa shape index (κ1) is 29.7. The van der Waals surface area contributed by atoms with Gasteiger partial charge in [0.15, 0.2) is 28.7 Å². The summed E-state index contributed by atoms with van der Waals surface area (Å²) in [6.07, 6.45) is 1.30. The number of rotatable bonds is 10. The van der Waals surface area contributed by atoms with E-state index < -0.39 is 17.8 Å². The molecule has 2 N–H and O–H groups in total. The smallest absolute Gasteiger partial charge is 0.343 e. The SMILES string of the molecule is COc1cc(C(=O)NCC(=O)N/N=C/c2cc(Br)cc(Br)c2OC(=O)c2ccc3c(c2)OCO3)cc(OC)c1OC. The molecule has 12 nitrogen and oxygen atoms in total. The Morgan fingerprint density at radius 2 is 1.61 bits per heavy atom. The summed E-state index contributed by atoms with van der Waals surface area (Å²) in [5, 5.41) is 6.44. The van der Waals surface area contributed by atoms with Crippen LogP contribution in [0.3, 0.4) is 0 Å². The molecule has 0 aliphatic carbocycles. The molecule has 0 fully saturated rings. The fraction of sp³-hybridized carbons (Fsp3) is 0.185. The van der Waals surface area contributed by atoms with Crippen LogP contribution in [0.25, 0.3) is 0 Å². The largest absolute Gasteiger partial charge is 0.493 e. The first-order chi connectivity index (χ1) is 19.7. The number of halogens is 2. The van der Waals surface area contributed by atoms with Crippen molar-refractivity contribution in [2.75, 3.05) is 34.7 Å². The van der Waals surface area contributed by atoms with Gasteiger partial charge in [-0.25, -0.2) is 10.2 Å². The number of methoxy groups -OCH3 is 3. The number of nitrogens with zero attached hydrogens (tertiary/aromatic N) is 1. The standard InChI is InChI=1S/C27H23Br2N3O9/c1-36-21-8-15(9-22(37-2)25(21)38-3)26(34)30-12-23(33)32-31-11-16-6-17(28)10-18(29)24(16)41-27(35)14-4-5-19-20(7-14)40-13-39-19/h4-11H,12-13H2,1-3H3,(H,30,34)(H,32,33)/b31-11+.